The largest absolute Gasteiger partial charge is 0.493 e. The lowest BCUT2D eigenvalue weighted by atomic mass is 9.73. The van der Waals surface area contributed by atoms with Gasteiger partial charge in [0.25, 0.3) is 0 Å². The van der Waals surface area contributed by atoms with Gasteiger partial charge in [0.1, 0.15) is 0 Å². The number of ketones is 1. The van der Waals surface area contributed by atoms with Crippen LogP contribution in [0, 0.1) is 5.41 Å². The number of allylic oxidation sites excluding steroid dienone is 1. The Labute approximate surface area is 251 Å². The highest BCUT2D eigenvalue weighted by atomic mass is 35.5. The molecule has 1 aliphatic heterocycles. The van der Waals surface area contributed by atoms with E-state index in [1.54, 1.807) is 33.5 Å². The molecule has 0 saturated carbocycles. The molecule has 3 aromatic rings. The molecular weight excluding hydrogens is 554 g/mol. The van der Waals surface area contributed by atoms with Gasteiger partial charge in [0, 0.05) is 29.3 Å². The first kappa shape index (κ1) is 29.3. The van der Waals surface area contributed by atoms with Crippen LogP contribution in [0.1, 0.15) is 43.9 Å². The molecule has 1 amide bonds. The summed E-state index contributed by atoms with van der Waals surface area (Å²) in [7, 11) is 4.68. The summed E-state index contributed by atoms with van der Waals surface area (Å²) in [6.45, 7) is 4.55. The summed E-state index contributed by atoms with van der Waals surface area (Å²) >= 11 is 6.03. The van der Waals surface area contributed by atoms with Crippen LogP contribution in [0.5, 0.6) is 17.2 Å². The molecule has 0 aromatic heterocycles. The molecule has 42 heavy (non-hydrogen) atoms. The number of hydrogen-bond donors (Lipinski definition) is 2. The lowest BCUT2D eigenvalue weighted by Gasteiger charge is -2.38. The molecular formula is C33H36ClN3O5. The first-order chi connectivity index (χ1) is 20.1. The number of carbonyl (C=O) groups is 2. The monoisotopic (exact) mass is 589 g/mol. The second-order valence-corrected chi connectivity index (χ2v) is 11.8. The van der Waals surface area contributed by atoms with Gasteiger partial charge in [-0.25, -0.2) is 0 Å². The van der Waals surface area contributed by atoms with Crippen molar-refractivity contribution in [3.8, 4) is 17.2 Å². The number of para-hydroxylation sites is 2. The Hall–Kier alpha value is -4.17. The fraction of sp³-hybridized carbons (Fsp3) is 0.333. The zero-order valence-corrected chi connectivity index (χ0v) is 25.3. The van der Waals surface area contributed by atoms with E-state index >= 15 is 0 Å². The van der Waals surface area contributed by atoms with E-state index in [0.29, 0.717) is 47.2 Å². The van der Waals surface area contributed by atoms with Crippen LogP contribution in [0.25, 0.3) is 0 Å². The van der Waals surface area contributed by atoms with Crippen molar-refractivity contribution in [3.63, 3.8) is 0 Å². The molecule has 1 unspecified atom stereocenters. The molecule has 1 heterocycles. The lowest BCUT2D eigenvalue weighted by Crippen LogP contribution is -2.42. The van der Waals surface area contributed by atoms with Gasteiger partial charge in [0.15, 0.2) is 17.3 Å². The third-order valence-electron chi connectivity index (χ3n) is 7.72. The smallest absolute Gasteiger partial charge is 0.239 e. The van der Waals surface area contributed by atoms with Crippen molar-refractivity contribution in [1.82, 2.24) is 5.32 Å². The minimum atomic E-state index is -0.602. The van der Waals surface area contributed by atoms with E-state index in [1.807, 2.05) is 53.4 Å². The van der Waals surface area contributed by atoms with Crippen molar-refractivity contribution >= 4 is 34.7 Å². The number of fused-ring (bicyclic) bond motifs is 1. The standard InChI is InChI=1S/C33H36ClN3O5/c1-33(2)16-24-30(26(38)17-33)31(21-14-27(40-3)32(42-5)28(15-21)41-4)37(25-9-7-6-8-23(25)36-24)19-29(39)35-18-20-10-12-22(34)13-11-20/h6-15,31,36H,16-19H2,1-5H3,(H,35,39). The second kappa shape index (κ2) is 12.0. The molecule has 0 radical (unpaired) electrons. The highest BCUT2D eigenvalue weighted by Gasteiger charge is 2.42. The van der Waals surface area contributed by atoms with Crippen molar-refractivity contribution in [2.45, 2.75) is 39.3 Å². The quantitative estimate of drug-likeness (QED) is 0.319. The number of rotatable bonds is 8. The van der Waals surface area contributed by atoms with Gasteiger partial charge in [-0.1, -0.05) is 49.7 Å². The SMILES string of the molecule is COc1cc(C2C3=C(CC(C)(C)CC3=O)Nc3ccccc3N2CC(=O)NCc2ccc(Cl)cc2)cc(OC)c1OC. The van der Waals surface area contributed by atoms with Crippen LogP contribution >= 0.6 is 11.6 Å². The number of hydrogen-bond acceptors (Lipinski definition) is 7. The third kappa shape index (κ3) is 5.90. The molecule has 0 saturated heterocycles. The summed E-state index contributed by atoms with van der Waals surface area (Å²) in [6.07, 6.45) is 1.07. The first-order valence-electron chi connectivity index (χ1n) is 13.8. The van der Waals surface area contributed by atoms with Crippen molar-refractivity contribution in [3.05, 3.63) is 88.1 Å². The number of nitrogens with zero attached hydrogens (tertiary/aromatic N) is 1. The van der Waals surface area contributed by atoms with Crippen LogP contribution in [0.4, 0.5) is 11.4 Å². The van der Waals surface area contributed by atoms with Crippen LogP contribution in [0.3, 0.4) is 0 Å². The minimum Gasteiger partial charge on any atom is -0.493 e. The number of nitrogens with one attached hydrogen (secondary N) is 2. The van der Waals surface area contributed by atoms with Crippen LogP contribution in [-0.2, 0) is 16.1 Å². The molecule has 5 rings (SSSR count). The molecule has 8 nitrogen and oxygen atoms in total. The summed E-state index contributed by atoms with van der Waals surface area (Å²) in [5, 5.41) is 7.25. The van der Waals surface area contributed by atoms with Gasteiger partial charge in [0.05, 0.1) is 45.3 Å². The minimum absolute atomic E-state index is 0.00105. The molecule has 1 atom stereocenters. The van der Waals surface area contributed by atoms with E-state index in [2.05, 4.69) is 24.5 Å². The highest BCUT2D eigenvalue weighted by molar-refractivity contribution is 6.30. The topological polar surface area (TPSA) is 89.1 Å². The van der Waals surface area contributed by atoms with Gasteiger partial charge in [-0.15, -0.1) is 0 Å². The Morgan fingerprint density at radius 2 is 1.67 bits per heavy atom. The summed E-state index contributed by atoms with van der Waals surface area (Å²) < 4.78 is 17.0. The number of amides is 1. The van der Waals surface area contributed by atoms with Gasteiger partial charge >= 0.3 is 0 Å². The summed E-state index contributed by atoms with van der Waals surface area (Å²) in [5.41, 5.74) is 4.57. The van der Waals surface area contributed by atoms with Crippen molar-refractivity contribution < 1.29 is 23.8 Å². The normalized spacial score (nSPS) is 17.4. The Bertz CT molecular complexity index is 1510. The first-order valence-corrected chi connectivity index (χ1v) is 14.2. The summed E-state index contributed by atoms with van der Waals surface area (Å²) in [6, 6.07) is 18.3. The van der Waals surface area contributed by atoms with Gasteiger partial charge in [-0.2, -0.15) is 0 Å². The fourth-order valence-corrected chi connectivity index (χ4v) is 5.97. The number of methoxy groups -OCH3 is 3. The number of Topliss-reactive ketones (excluding diaryl/α,β-unsaturated/α-hetero) is 1. The third-order valence-corrected chi connectivity index (χ3v) is 7.98. The summed E-state index contributed by atoms with van der Waals surface area (Å²) in [4.78, 5) is 29.6. The average Bonchev–Trinajstić information content (AvgIpc) is 3.09. The zero-order chi connectivity index (χ0) is 30.0. The average molecular weight is 590 g/mol. The summed E-state index contributed by atoms with van der Waals surface area (Å²) in [5.74, 6) is 1.23. The predicted octanol–water partition coefficient (Wildman–Crippen LogP) is 6.30. The number of carbonyl (C=O) groups excluding carboxylic acids is 2. The number of benzene rings is 3. The van der Waals surface area contributed by atoms with E-state index in [9.17, 15) is 9.59 Å². The van der Waals surface area contributed by atoms with Crippen molar-refractivity contribution in [2.75, 3.05) is 38.1 Å². The van der Waals surface area contributed by atoms with E-state index in [-0.39, 0.29) is 23.7 Å². The Morgan fingerprint density at radius 3 is 2.31 bits per heavy atom. The van der Waals surface area contributed by atoms with E-state index in [1.165, 1.54) is 0 Å². The van der Waals surface area contributed by atoms with Gasteiger partial charge in [-0.05, 0) is 59.4 Å². The van der Waals surface area contributed by atoms with Crippen LogP contribution < -0.4 is 29.7 Å². The predicted molar refractivity (Wildman–Crippen MR) is 165 cm³/mol. The van der Waals surface area contributed by atoms with Crippen LogP contribution in [0.2, 0.25) is 5.02 Å². The molecule has 3 aromatic carbocycles. The van der Waals surface area contributed by atoms with Gasteiger partial charge in [-0.3, -0.25) is 9.59 Å². The zero-order valence-electron chi connectivity index (χ0n) is 24.5. The molecule has 0 fully saturated rings. The van der Waals surface area contributed by atoms with Gasteiger partial charge in [0.2, 0.25) is 11.7 Å². The molecule has 0 spiro atoms. The van der Waals surface area contributed by atoms with Crippen molar-refractivity contribution in [1.29, 1.82) is 0 Å². The Kier molecular flexibility index (Phi) is 8.36. The van der Waals surface area contributed by atoms with Crippen LogP contribution in [0.15, 0.2) is 71.9 Å². The van der Waals surface area contributed by atoms with E-state index in [0.717, 1.165) is 28.2 Å². The van der Waals surface area contributed by atoms with Crippen LogP contribution in [-0.4, -0.2) is 39.6 Å². The highest BCUT2D eigenvalue weighted by Crippen LogP contribution is 2.50. The van der Waals surface area contributed by atoms with Gasteiger partial charge < -0.3 is 29.7 Å². The number of ether oxygens (including phenoxy) is 3. The molecule has 2 N–H and O–H groups in total. The molecule has 1 aliphatic carbocycles. The van der Waals surface area contributed by atoms with E-state index in [4.69, 9.17) is 25.8 Å². The molecule has 9 heteroatoms. The molecule has 2 aliphatic rings. The van der Waals surface area contributed by atoms with Crippen molar-refractivity contribution in [2.24, 2.45) is 5.41 Å². The maximum Gasteiger partial charge on any atom is 0.239 e. The Morgan fingerprint density at radius 1 is 1.00 bits per heavy atom. The maximum absolute atomic E-state index is 14.0. The molecule has 220 valence electrons. The van der Waals surface area contributed by atoms with E-state index < -0.39 is 6.04 Å². The number of anilines is 2. The second-order valence-electron chi connectivity index (χ2n) is 11.4. The Balaban J connectivity index is 1.64. The lowest BCUT2D eigenvalue weighted by molar-refractivity contribution is -0.120. The number of halogens is 1. The molecule has 0 bridgehead atoms. The maximum atomic E-state index is 14.0. The fourth-order valence-electron chi connectivity index (χ4n) is 5.85.